The minimum atomic E-state index is -0.255. The molecular formula is C9H9ClN4O. The van der Waals surface area contributed by atoms with Crippen LogP contribution in [0.5, 0.6) is 0 Å². The molecule has 2 heterocycles. The van der Waals surface area contributed by atoms with Crippen molar-refractivity contribution in [2.45, 2.75) is 6.92 Å². The van der Waals surface area contributed by atoms with Crippen LogP contribution in [0.15, 0.2) is 18.5 Å². The first kappa shape index (κ1) is 9.79. The normalized spacial score (nSPS) is 10.3. The van der Waals surface area contributed by atoms with Crippen LogP contribution in [0.2, 0.25) is 5.02 Å². The van der Waals surface area contributed by atoms with E-state index in [1.54, 1.807) is 18.5 Å². The Labute approximate surface area is 90.8 Å². The van der Waals surface area contributed by atoms with Gasteiger partial charge in [0, 0.05) is 11.8 Å². The lowest BCUT2D eigenvalue weighted by atomic mass is 10.3. The predicted octanol–water partition coefficient (Wildman–Crippen LogP) is 1.95. The number of aromatic amines is 2. The molecule has 0 saturated carbocycles. The van der Waals surface area contributed by atoms with Gasteiger partial charge in [-0.05, 0) is 13.0 Å². The molecule has 6 heteroatoms. The molecule has 0 aromatic carbocycles. The number of nitrogens with zero attached hydrogens (tertiary/aromatic N) is 1. The molecule has 2 rings (SSSR count). The molecule has 2 aromatic rings. The molecule has 0 atom stereocenters. The molecule has 2 aromatic heterocycles. The first-order valence-electron chi connectivity index (χ1n) is 4.32. The van der Waals surface area contributed by atoms with Gasteiger partial charge in [0.05, 0.1) is 11.2 Å². The minimum absolute atomic E-state index is 0.255. The largest absolute Gasteiger partial charge is 0.356 e. The molecule has 78 valence electrons. The molecule has 0 aliphatic carbocycles. The third kappa shape index (κ3) is 2.02. The molecule has 0 bridgehead atoms. The fraction of sp³-hybridized carbons (Fsp3) is 0.111. The number of aromatic nitrogens is 3. The average molecular weight is 225 g/mol. The number of hydrogen-bond donors (Lipinski definition) is 3. The second-order valence-electron chi connectivity index (χ2n) is 3.11. The lowest BCUT2D eigenvalue weighted by Gasteiger charge is -2.00. The van der Waals surface area contributed by atoms with Crippen LogP contribution < -0.4 is 5.32 Å². The number of nitrogens with one attached hydrogen (secondary N) is 3. The van der Waals surface area contributed by atoms with Gasteiger partial charge in [-0.2, -0.15) is 5.10 Å². The first-order valence-corrected chi connectivity index (χ1v) is 4.70. The van der Waals surface area contributed by atoms with E-state index >= 15 is 0 Å². The van der Waals surface area contributed by atoms with E-state index in [2.05, 4.69) is 20.5 Å². The SMILES string of the molecule is Cc1cn[nH]c1NC(=O)c1cc(Cl)c[nH]1. The Kier molecular flexibility index (Phi) is 2.47. The zero-order valence-electron chi connectivity index (χ0n) is 7.97. The van der Waals surface area contributed by atoms with Crippen LogP contribution in [-0.4, -0.2) is 21.1 Å². The summed E-state index contributed by atoms with van der Waals surface area (Å²) in [4.78, 5) is 14.4. The average Bonchev–Trinajstić information content (AvgIpc) is 2.77. The van der Waals surface area contributed by atoms with Crippen molar-refractivity contribution in [2.75, 3.05) is 5.32 Å². The van der Waals surface area contributed by atoms with E-state index in [0.29, 0.717) is 16.5 Å². The van der Waals surface area contributed by atoms with E-state index in [9.17, 15) is 4.79 Å². The summed E-state index contributed by atoms with van der Waals surface area (Å²) in [5.74, 6) is 0.333. The van der Waals surface area contributed by atoms with Crippen molar-refractivity contribution in [3.05, 3.63) is 34.7 Å². The van der Waals surface area contributed by atoms with Crippen molar-refractivity contribution >= 4 is 23.3 Å². The van der Waals surface area contributed by atoms with Gasteiger partial charge in [-0.25, -0.2) is 0 Å². The maximum atomic E-state index is 11.6. The van der Waals surface area contributed by atoms with Gasteiger partial charge in [0.25, 0.3) is 5.91 Å². The molecule has 0 unspecified atom stereocenters. The van der Waals surface area contributed by atoms with Crippen molar-refractivity contribution in [3.63, 3.8) is 0 Å². The number of carbonyl (C=O) groups excluding carboxylic acids is 1. The Hall–Kier alpha value is -1.75. The van der Waals surface area contributed by atoms with E-state index in [1.807, 2.05) is 6.92 Å². The van der Waals surface area contributed by atoms with Crippen LogP contribution >= 0.6 is 11.6 Å². The lowest BCUT2D eigenvalue weighted by Crippen LogP contribution is -2.13. The molecule has 0 aliphatic heterocycles. The highest BCUT2D eigenvalue weighted by Gasteiger charge is 2.10. The van der Waals surface area contributed by atoms with Gasteiger partial charge in [0.2, 0.25) is 0 Å². The number of anilines is 1. The fourth-order valence-electron chi connectivity index (χ4n) is 1.15. The Balaban J connectivity index is 2.14. The molecule has 0 fully saturated rings. The zero-order valence-corrected chi connectivity index (χ0v) is 8.72. The molecule has 3 N–H and O–H groups in total. The van der Waals surface area contributed by atoms with Crippen molar-refractivity contribution < 1.29 is 4.79 Å². The number of carbonyl (C=O) groups is 1. The molecule has 0 aliphatic rings. The number of aryl methyl sites for hydroxylation is 1. The molecule has 1 amide bonds. The summed E-state index contributed by atoms with van der Waals surface area (Å²) in [5, 5.41) is 9.66. The lowest BCUT2D eigenvalue weighted by molar-refractivity contribution is 0.102. The van der Waals surface area contributed by atoms with Crippen molar-refractivity contribution in [1.29, 1.82) is 0 Å². The van der Waals surface area contributed by atoms with Crippen LogP contribution in [0.3, 0.4) is 0 Å². The summed E-state index contributed by atoms with van der Waals surface area (Å²) in [6, 6.07) is 1.56. The van der Waals surface area contributed by atoms with Crippen LogP contribution in [-0.2, 0) is 0 Å². The molecule has 0 spiro atoms. The maximum Gasteiger partial charge on any atom is 0.273 e. The second-order valence-corrected chi connectivity index (χ2v) is 3.55. The van der Waals surface area contributed by atoms with E-state index in [1.165, 1.54) is 0 Å². The van der Waals surface area contributed by atoms with Gasteiger partial charge in [0.1, 0.15) is 11.5 Å². The second kappa shape index (κ2) is 3.78. The molecule has 5 nitrogen and oxygen atoms in total. The van der Waals surface area contributed by atoms with Gasteiger partial charge < -0.3 is 10.3 Å². The number of rotatable bonds is 2. The number of hydrogen-bond acceptors (Lipinski definition) is 2. The third-order valence-corrected chi connectivity index (χ3v) is 2.18. The van der Waals surface area contributed by atoms with Gasteiger partial charge in [-0.3, -0.25) is 9.89 Å². The zero-order chi connectivity index (χ0) is 10.8. The highest BCUT2D eigenvalue weighted by molar-refractivity contribution is 6.31. The van der Waals surface area contributed by atoms with E-state index in [4.69, 9.17) is 11.6 Å². The summed E-state index contributed by atoms with van der Waals surface area (Å²) in [6.45, 7) is 1.85. The summed E-state index contributed by atoms with van der Waals surface area (Å²) in [7, 11) is 0. The van der Waals surface area contributed by atoms with Gasteiger partial charge >= 0.3 is 0 Å². The highest BCUT2D eigenvalue weighted by atomic mass is 35.5. The molecule has 0 saturated heterocycles. The number of amides is 1. The first-order chi connectivity index (χ1) is 7.16. The third-order valence-electron chi connectivity index (χ3n) is 1.96. The van der Waals surface area contributed by atoms with Crippen molar-refractivity contribution in [3.8, 4) is 0 Å². The van der Waals surface area contributed by atoms with E-state index < -0.39 is 0 Å². The Morgan fingerprint density at radius 2 is 2.40 bits per heavy atom. The van der Waals surface area contributed by atoms with E-state index in [-0.39, 0.29) is 5.91 Å². The maximum absolute atomic E-state index is 11.6. The van der Waals surface area contributed by atoms with Crippen LogP contribution in [0.1, 0.15) is 16.1 Å². The standard InChI is InChI=1S/C9H9ClN4O/c1-5-3-12-14-8(5)13-9(15)7-2-6(10)4-11-7/h2-4,11H,1H3,(H2,12,13,14,15). The van der Waals surface area contributed by atoms with Crippen molar-refractivity contribution in [2.24, 2.45) is 0 Å². The Morgan fingerprint density at radius 1 is 1.60 bits per heavy atom. The molecular weight excluding hydrogens is 216 g/mol. The Bertz CT molecular complexity index is 488. The smallest absolute Gasteiger partial charge is 0.273 e. The van der Waals surface area contributed by atoms with Crippen molar-refractivity contribution in [1.82, 2.24) is 15.2 Å². The summed E-state index contributed by atoms with van der Waals surface area (Å²) in [6.07, 6.45) is 3.19. The van der Waals surface area contributed by atoms with Crippen LogP contribution in [0, 0.1) is 6.92 Å². The summed E-state index contributed by atoms with van der Waals surface area (Å²) in [5.41, 5.74) is 1.29. The Morgan fingerprint density at radius 3 is 2.93 bits per heavy atom. The predicted molar refractivity (Wildman–Crippen MR) is 57.1 cm³/mol. The molecule has 0 radical (unpaired) electrons. The fourth-order valence-corrected chi connectivity index (χ4v) is 1.32. The van der Waals surface area contributed by atoms with E-state index in [0.717, 1.165) is 5.56 Å². The van der Waals surface area contributed by atoms with Gasteiger partial charge in [-0.15, -0.1) is 0 Å². The number of halogens is 1. The minimum Gasteiger partial charge on any atom is -0.356 e. The summed E-state index contributed by atoms with van der Waals surface area (Å²) >= 11 is 5.69. The monoisotopic (exact) mass is 224 g/mol. The van der Waals surface area contributed by atoms with Crippen LogP contribution in [0.4, 0.5) is 5.82 Å². The van der Waals surface area contributed by atoms with Gasteiger partial charge in [0.15, 0.2) is 0 Å². The van der Waals surface area contributed by atoms with Gasteiger partial charge in [-0.1, -0.05) is 11.6 Å². The number of H-pyrrole nitrogens is 2. The molecule has 15 heavy (non-hydrogen) atoms. The quantitative estimate of drug-likeness (QED) is 0.730. The highest BCUT2D eigenvalue weighted by Crippen LogP contribution is 2.13. The van der Waals surface area contributed by atoms with Crippen LogP contribution in [0.25, 0.3) is 0 Å². The summed E-state index contributed by atoms with van der Waals surface area (Å²) < 4.78 is 0. The topological polar surface area (TPSA) is 73.6 Å².